The number of carbonyl (C=O) groups excluding carboxylic acids is 1. The van der Waals surface area contributed by atoms with Crippen LogP contribution in [-0.2, 0) is 9.53 Å². The molecule has 0 aromatic rings. The highest BCUT2D eigenvalue weighted by Crippen LogP contribution is 2.11. The molecule has 96 valence electrons. The van der Waals surface area contributed by atoms with Crippen molar-refractivity contribution in [2.45, 2.75) is 32.2 Å². The molecule has 1 amide bonds. The molecule has 0 rings (SSSR count). The van der Waals surface area contributed by atoms with Gasteiger partial charge in [0.25, 0.3) is 0 Å². The van der Waals surface area contributed by atoms with Crippen LogP contribution in [-0.4, -0.2) is 44.4 Å². The van der Waals surface area contributed by atoms with Crippen LogP contribution in [0.3, 0.4) is 0 Å². The minimum absolute atomic E-state index is 0.110. The summed E-state index contributed by atoms with van der Waals surface area (Å²) in [5.74, 6) is -0.688. The van der Waals surface area contributed by atoms with Crippen LogP contribution in [0.4, 0.5) is 13.2 Å². The third-order valence-corrected chi connectivity index (χ3v) is 2.15. The van der Waals surface area contributed by atoms with E-state index in [2.05, 4.69) is 5.32 Å². The molecule has 2 N–H and O–H groups in total. The Labute approximate surface area is 92.5 Å². The third kappa shape index (κ3) is 7.47. The summed E-state index contributed by atoms with van der Waals surface area (Å²) in [5.41, 5.74) is 0. The topological polar surface area (TPSA) is 50.4 Å². The average Bonchev–Trinajstić information content (AvgIpc) is 2.20. The maximum Gasteiger partial charge on any atom is 0.405 e. The van der Waals surface area contributed by atoms with Gasteiger partial charge >= 0.3 is 6.18 Å². The minimum atomic E-state index is -4.37. The highest BCUT2D eigenvalue weighted by atomic mass is 19.4. The molecule has 0 saturated carbocycles. The number of rotatable bonds is 6. The smallest absolute Gasteiger partial charge is 0.380 e. The Morgan fingerprint density at radius 3 is 2.38 bits per heavy atom. The molecule has 0 aliphatic heterocycles. The normalized spacial score (nSPS) is 15.6. The van der Waals surface area contributed by atoms with E-state index in [0.29, 0.717) is 0 Å². The molecule has 16 heavy (non-hydrogen) atoms. The molecule has 0 bridgehead atoms. The molecular weight excluding hydrogens is 225 g/mol. The molecule has 0 aromatic carbocycles. The number of alkyl halides is 3. The van der Waals surface area contributed by atoms with Gasteiger partial charge in [0.15, 0.2) is 0 Å². The van der Waals surface area contributed by atoms with Crippen LogP contribution < -0.4 is 10.6 Å². The van der Waals surface area contributed by atoms with E-state index in [1.165, 1.54) is 7.11 Å². The summed E-state index contributed by atoms with van der Waals surface area (Å²) < 4.78 is 40.2. The van der Waals surface area contributed by atoms with Crippen molar-refractivity contribution in [2.75, 3.05) is 20.2 Å². The summed E-state index contributed by atoms with van der Waals surface area (Å²) in [6.45, 7) is 2.11. The fourth-order valence-electron chi connectivity index (χ4n) is 0.885. The van der Waals surface area contributed by atoms with Crippen molar-refractivity contribution in [1.82, 2.24) is 10.6 Å². The van der Waals surface area contributed by atoms with E-state index in [-0.39, 0.29) is 18.7 Å². The first-order chi connectivity index (χ1) is 7.26. The van der Waals surface area contributed by atoms with Crippen LogP contribution in [0.5, 0.6) is 0 Å². The number of methoxy groups -OCH3 is 1. The molecule has 2 atom stereocenters. The van der Waals surface area contributed by atoms with Crippen LogP contribution in [0, 0.1) is 0 Å². The maximum atomic E-state index is 11.7. The quantitative estimate of drug-likeness (QED) is 0.720. The van der Waals surface area contributed by atoms with Gasteiger partial charge < -0.3 is 15.4 Å². The summed E-state index contributed by atoms with van der Waals surface area (Å²) in [6.07, 6.45) is -4.49. The average molecular weight is 242 g/mol. The molecule has 0 spiro atoms. The molecule has 0 aromatic heterocycles. The number of ether oxygens (including phenoxy) is 1. The van der Waals surface area contributed by atoms with Gasteiger partial charge in [0.05, 0.1) is 12.6 Å². The zero-order valence-electron chi connectivity index (χ0n) is 9.52. The molecule has 0 aliphatic rings. The molecule has 2 unspecified atom stereocenters. The van der Waals surface area contributed by atoms with Gasteiger partial charge in [0, 0.05) is 13.2 Å². The van der Waals surface area contributed by atoms with E-state index >= 15 is 0 Å². The number of amides is 1. The van der Waals surface area contributed by atoms with Crippen molar-refractivity contribution in [3.05, 3.63) is 0 Å². The summed E-state index contributed by atoms with van der Waals surface area (Å²) in [5, 5.41) is 4.53. The van der Waals surface area contributed by atoms with E-state index in [4.69, 9.17) is 4.74 Å². The second kappa shape index (κ2) is 6.70. The van der Waals surface area contributed by atoms with Gasteiger partial charge in [-0.2, -0.15) is 13.2 Å². The highest BCUT2D eigenvalue weighted by Gasteiger charge is 2.27. The van der Waals surface area contributed by atoms with Gasteiger partial charge in [-0.3, -0.25) is 4.79 Å². The Morgan fingerprint density at radius 2 is 1.94 bits per heavy atom. The van der Waals surface area contributed by atoms with Crippen molar-refractivity contribution < 1.29 is 22.7 Å². The second-order valence-electron chi connectivity index (χ2n) is 3.50. The van der Waals surface area contributed by atoms with E-state index in [9.17, 15) is 18.0 Å². The Kier molecular flexibility index (Phi) is 6.35. The summed E-state index contributed by atoms with van der Waals surface area (Å²) in [6, 6.07) is -0.110. The third-order valence-electron chi connectivity index (χ3n) is 2.15. The van der Waals surface area contributed by atoms with Crippen LogP contribution in [0.1, 0.15) is 13.8 Å². The monoisotopic (exact) mass is 242 g/mol. The number of hydrogen-bond donors (Lipinski definition) is 2. The van der Waals surface area contributed by atoms with Gasteiger partial charge in [-0.15, -0.1) is 0 Å². The summed E-state index contributed by atoms with van der Waals surface area (Å²) in [7, 11) is 1.52. The molecule has 0 radical (unpaired) electrons. The van der Waals surface area contributed by atoms with E-state index in [0.717, 1.165) is 0 Å². The van der Waals surface area contributed by atoms with E-state index in [1.807, 2.05) is 0 Å². The first kappa shape index (κ1) is 15.2. The molecule has 0 saturated heterocycles. The minimum Gasteiger partial charge on any atom is -0.380 e. The highest BCUT2D eigenvalue weighted by molar-refractivity contribution is 5.78. The number of carbonyl (C=O) groups is 1. The molecule has 4 nitrogen and oxygen atoms in total. The van der Waals surface area contributed by atoms with Crippen molar-refractivity contribution in [3.8, 4) is 0 Å². The predicted molar refractivity (Wildman–Crippen MR) is 53.0 cm³/mol. The SMILES string of the molecule is COC(C)C(C)NCC(=O)NCC(F)(F)F. The first-order valence-corrected chi connectivity index (χ1v) is 4.86. The van der Waals surface area contributed by atoms with Crippen LogP contribution in [0.25, 0.3) is 0 Å². The van der Waals surface area contributed by atoms with Gasteiger partial charge in [-0.25, -0.2) is 0 Å². The van der Waals surface area contributed by atoms with Crippen LogP contribution in [0.2, 0.25) is 0 Å². The van der Waals surface area contributed by atoms with E-state index in [1.54, 1.807) is 19.2 Å². The fourth-order valence-corrected chi connectivity index (χ4v) is 0.885. The largest absolute Gasteiger partial charge is 0.405 e. The Hall–Kier alpha value is -0.820. The van der Waals surface area contributed by atoms with Gasteiger partial charge in [0.2, 0.25) is 5.91 Å². The van der Waals surface area contributed by atoms with Crippen molar-refractivity contribution in [3.63, 3.8) is 0 Å². The van der Waals surface area contributed by atoms with Crippen LogP contribution in [0.15, 0.2) is 0 Å². The lowest BCUT2D eigenvalue weighted by atomic mass is 10.2. The Balaban J connectivity index is 3.73. The van der Waals surface area contributed by atoms with Gasteiger partial charge in [-0.05, 0) is 13.8 Å². The predicted octanol–water partition coefficient (Wildman–Crippen LogP) is 0.678. The second-order valence-corrected chi connectivity index (χ2v) is 3.50. The van der Waals surface area contributed by atoms with Gasteiger partial charge in [-0.1, -0.05) is 0 Å². The maximum absolute atomic E-state index is 11.7. The first-order valence-electron chi connectivity index (χ1n) is 4.86. The Bertz CT molecular complexity index is 221. The summed E-state index contributed by atoms with van der Waals surface area (Å²) in [4.78, 5) is 11.0. The molecule has 0 heterocycles. The number of halogens is 3. The lowest BCUT2D eigenvalue weighted by Crippen LogP contribution is -2.44. The fraction of sp³-hybridized carbons (Fsp3) is 0.889. The van der Waals surface area contributed by atoms with Crippen LogP contribution >= 0.6 is 0 Å². The lowest BCUT2D eigenvalue weighted by Gasteiger charge is -2.19. The zero-order valence-corrected chi connectivity index (χ0v) is 9.52. The molecule has 0 aliphatic carbocycles. The zero-order chi connectivity index (χ0) is 12.8. The number of nitrogens with one attached hydrogen (secondary N) is 2. The van der Waals surface area contributed by atoms with Crippen molar-refractivity contribution >= 4 is 5.91 Å². The summed E-state index contributed by atoms with van der Waals surface area (Å²) >= 11 is 0. The molecular formula is C9H17F3N2O2. The van der Waals surface area contributed by atoms with Gasteiger partial charge in [0.1, 0.15) is 6.54 Å². The molecule has 7 heteroatoms. The lowest BCUT2D eigenvalue weighted by molar-refractivity contribution is -0.138. The van der Waals surface area contributed by atoms with Crippen molar-refractivity contribution in [1.29, 1.82) is 0 Å². The Morgan fingerprint density at radius 1 is 1.38 bits per heavy atom. The standard InChI is InChI=1S/C9H17F3N2O2/c1-6(7(2)16-3)13-4-8(15)14-5-9(10,11)12/h6-7,13H,4-5H2,1-3H3,(H,14,15). The van der Waals surface area contributed by atoms with Crippen molar-refractivity contribution in [2.24, 2.45) is 0 Å². The van der Waals surface area contributed by atoms with E-state index < -0.39 is 18.6 Å². The molecule has 0 fully saturated rings. The number of hydrogen-bond acceptors (Lipinski definition) is 3.